The smallest absolute Gasteiger partial charge is 0.339 e. The summed E-state index contributed by atoms with van der Waals surface area (Å²) in [5.74, 6) is 0.474. The van der Waals surface area contributed by atoms with Gasteiger partial charge in [0.1, 0.15) is 18.1 Å². The molecule has 0 bridgehead atoms. The van der Waals surface area contributed by atoms with Crippen molar-refractivity contribution in [1.82, 2.24) is 0 Å². The van der Waals surface area contributed by atoms with Crippen molar-refractivity contribution in [1.29, 1.82) is 0 Å². The normalized spacial score (nSPS) is 13.0. The second kappa shape index (κ2) is 5.02. The van der Waals surface area contributed by atoms with Crippen LogP contribution in [0.2, 0.25) is 0 Å². The van der Waals surface area contributed by atoms with E-state index in [0.717, 1.165) is 27.6 Å². The van der Waals surface area contributed by atoms with Crippen molar-refractivity contribution >= 4 is 16.7 Å². The minimum atomic E-state index is -0.396. The maximum atomic E-state index is 12.2. The third-order valence-electron chi connectivity index (χ3n) is 4.22. The van der Waals surface area contributed by atoms with Gasteiger partial charge < -0.3 is 14.6 Å². The number of ether oxygens (including phenoxy) is 2. The zero-order valence-electron chi connectivity index (χ0n) is 12.5. The third-order valence-corrected chi connectivity index (χ3v) is 4.22. The minimum absolute atomic E-state index is 0.105. The summed E-state index contributed by atoms with van der Waals surface area (Å²) in [6.07, 6.45) is 0. The van der Waals surface area contributed by atoms with Gasteiger partial charge in [-0.1, -0.05) is 36.4 Å². The second-order valence-corrected chi connectivity index (χ2v) is 5.43. The van der Waals surface area contributed by atoms with Crippen molar-refractivity contribution in [3.05, 3.63) is 59.7 Å². The van der Waals surface area contributed by atoms with E-state index < -0.39 is 5.97 Å². The minimum Gasteiger partial charge on any atom is -0.507 e. The van der Waals surface area contributed by atoms with E-state index in [1.54, 1.807) is 7.11 Å². The first-order chi connectivity index (χ1) is 11.2. The molecule has 3 aromatic rings. The van der Waals surface area contributed by atoms with Crippen LogP contribution in [-0.2, 0) is 11.3 Å². The van der Waals surface area contributed by atoms with E-state index in [2.05, 4.69) is 0 Å². The van der Waals surface area contributed by atoms with Gasteiger partial charge in [-0.25, -0.2) is 4.79 Å². The number of hydrogen-bond acceptors (Lipinski definition) is 4. The van der Waals surface area contributed by atoms with E-state index in [4.69, 9.17) is 9.47 Å². The summed E-state index contributed by atoms with van der Waals surface area (Å²) in [4.78, 5) is 12.2. The molecule has 0 unspecified atom stereocenters. The average Bonchev–Trinajstić information content (AvgIpc) is 2.98. The largest absolute Gasteiger partial charge is 0.507 e. The molecule has 1 aliphatic rings. The number of rotatable bonds is 2. The Morgan fingerprint density at radius 3 is 2.39 bits per heavy atom. The van der Waals surface area contributed by atoms with Crippen LogP contribution in [0.4, 0.5) is 0 Å². The third kappa shape index (κ3) is 1.95. The molecule has 1 N–H and O–H groups in total. The summed E-state index contributed by atoms with van der Waals surface area (Å²) >= 11 is 0. The van der Waals surface area contributed by atoms with Crippen LogP contribution in [0.1, 0.15) is 15.9 Å². The summed E-state index contributed by atoms with van der Waals surface area (Å²) in [5, 5.41) is 12.0. The molecule has 4 rings (SSSR count). The van der Waals surface area contributed by atoms with E-state index in [-0.39, 0.29) is 12.4 Å². The molecule has 0 atom stereocenters. The van der Waals surface area contributed by atoms with Crippen LogP contribution in [0, 0.1) is 0 Å². The zero-order chi connectivity index (χ0) is 16.0. The Morgan fingerprint density at radius 1 is 1.00 bits per heavy atom. The molecule has 3 aromatic carbocycles. The first-order valence-corrected chi connectivity index (χ1v) is 7.29. The SMILES string of the molecule is COc1ccc(-c2c3c(c(O)c4ccccc24)COC3=O)cc1. The van der Waals surface area contributed by atoms with Gasteiger partial charge in [0.15, 0.2) is 0 Å². The second-order valence-electron chi connectivity index (χ2n) is 5.43. The van der Waals surface area contributed by atoms with Crippen LogP contribution in [0.5, 0.6) is 11.5 Å². The van der Waals surface area contributed by atoms with Crippen molar-refractivity contribution < 1.29 is 19.4 Å². The highest BCUT2D eigenvalue weighted by molar-refractivity contribution is 6.13. The molecule has 0 aromatic heterocycles. The summed E-state index contributed by atoms with van der Waals surface area (Å²) in [7, 11) is 1.61. The lowest BCUT2D eigenvalue weighted by Gasteiger charge is -2.13. The van der Waals surface area contributed by atoms with Crippen LogP contribution in [0.25, 0.3) is 21.9 Å². The van der Waals surface area contributed by atoms with Gasteiger partial charge in [0.2, 0.25) is 0 Å². The van der Waals surface area contributed by atoms with Gasteiger partial charge in [-0.2, -0.15) is 0 Å². The molecule has 0 saturated heterocycles. The Bertz CT molecular complexity index is 926. The summed E-state index contributed by atoms with van der Waals surface area (Å²) in [6, 6.07) is 15.0. The molecule has 0 amide bonds. The van der Waals surface area contributed by atoms with Crippen LogP contribution in [-0.4, -0.2) is 18.2 Å². The molecule has 0 fully saturated rings. The lowest BCUT2D eigenvalue weighted by Crippen LogP contribution is -1.99. The number of phenolic OH excluding ortho intramolecular Hbond substituents is 1. The highest BCUT2D eigenvalue weighted by Crippen LogP contribution is 2.44. The predicted molar refractivity (Wildman–Crippen MR) is 86.7 cm³/mol. The number of methoxy groups -OCH3 is 1. The molecule has 114 valence electrons. The maximum Gasteiger partial charge on any atom is 0.339 e. The zero-order valence-corrected chi connectivity index (χ0v) is 12.5. The van der Waals surface area contributed by atoms with Crippen molar-refractivity contribution in [2.75, 3.05) is 7.11 Å². The predicted octanol–water partition coefficient (Wildman–Crippen LogP) is 3.89. The first-order valence-electron chi connectivity index (χ1n) is 7.29. The molecule has 23 heavy (non-hydrogen) atoms. The molecule has 0 spiro atoms. The van der Waals surface area contributed by atoms with Crippen molar-refractivity contribution in [2.45, 2.75) is 6.61 Å². The summed E-state index contributed by atoms with van der Waals surface area (Å²) in [5.41, 5.74) is 2.68. The fourth-order valence-electron chi connectivity index (χ4n) is 3.11. The number of fused-ring (bicyclic) bond motifs is 2. The van der Waals surface area contributed by atoms with Gasteiger partial charge in [-0.15, -0.1) is 0 Å². The topological polar surface area (TPSA) is 55.8 Å². The molecular formula is C19H14O4. The van der Waals surface area contributed by atoms with Gasteiger partial charge in [0.05, 0.1) is 12.7 Å². The van der Waals surface area contributed by atoms with Crippen LogP contribution < -0.4 is 4.74 Å². The molecule has 1 heterocycles. The molecule has 0 radical (unpaired) electrons. The highest BCUT2D eigenvalue weighted by atomic mass is 16.5. The summed E-state index contributed by atoms with van der Waals surface area (Å²) < 4.78 is 10.4. The van der Waals surface area contributed by atoms with Crippen LogP contribution in [0.3, 0.4) is 0 Å². The quantitative estimate of drug-likeness (QED) is 0.730. The number of phenols is 1. The number of benzene rings is 3. The number of cyclic esters (lactones) is 1. The molecular weight excluding hydrogens is 292 g/mol. The molecule has 4 nitrogen and oxygen atoms in total. The Kier molecular flexibility index (Phi) is 2.98. The van der Waals surface area contributed by atoms with E-state index in [1.807, 2.05) is 48.5 Å². The van der Waals surface area contributed by atoms with Gasteiger partial charge in [0.25, 0.3) is 0 Å². The average molecular weight is 306 g/mol. The van der Waals surface area contributed by atoms with Crippen molar-refractivity contribution in [2.24, 2.45) is 0 Å². The van der Waals surface area contributed by atoms with Crippen molar-refractivity contribution in [3.63, 3.8) is 0 Å². The molecule has 1 aliphatic heterocycles. The number of hydrogen-bond donors (Lipinski definition) is 1. The standard InChI is InChI=1S/C19H14O4/c1-22-12-8-6-11(7-9-12)16-13-4-2-3-5-14(13)18(20)15-10-23-19(21)17(15)16/h2-9,20H,10H2,1H3. The maximum absolute atomic E-state index is 12.2. The lowest BCUT2D eigenvalue weighted by atomic mass is 9.90. The fraction of sp³-hybridized carbons (Fsp3) is 0.105. The van der Waals surface area contributed by atoms with E-state index in [1.165, 1.54) is 0 Å². The van der Waals surface area contributed by atoms with E-state index >= 15 is 0 Å². The Morgan fingerprint density at radius 2 is 1.70 bits per heavy atom. The van der Waals surface area contributed by atoms with Crippen LogP contribution >= 0.6 is 0 Å². The molecule has 0 saturated carbocycles. The van der Waals surface area contributed by atoms with E-state index in [9.17, 15) is 9.90 Å². The van der Waals surface area contributed by atoms with Gasteiger partial charge in [-0.3, -0.25) is 0 Å². The number of carbonyl (C=O) groups is 1. The highest BCUT2D eigenvalue weighted by Gasteiger charge is 2.30. The first kappa shape index (κ1) is 13.6. The fourth-order valence-corrected chi connectivity index (χ4v) is 3.11. The number of aromatic hydroxyl groups is 1. The van der Waals surface area contributed by atoms with Crippen LogP contribution in [0.15, 0.2) is 48.5 Å². The van der Waals surface area contributed by atoms with Gasteiger partial charge >= 0.3 is 5.97 Å². The molecule has 4 heteroatoms. The van der Waals surface area contributed by atoms with E-state index in [0.29, 0.717) is 11.1 Å². The lowest BCUT2D eigenvalue weighted by molar-refractivity contribution is 0.0535. The number of carbonyl (C=O) groups excluding carboxylic acids is 1. The Hall–Kier alpha value is -3.01. The van der Waals surface area contributed by atoms with Gasteiger partial charge in [-0.05, 0) is 23.1 Å². The van der Waals surface area contributed by atoms with Crippen molar-refractivity contribution in [3.8, 4) is 22.6 Å². The molecule has 0 aliphatic carbocycles. The Balaban J connectivity index is 2.10. The summed E-state index contributed by atoms with van der Waals surface area (Å²) in [6.45, 7) is 0.105. The number of esters is 1. The monoisotopic (exact) mass is 306 g/mol. The Labute approximate surface area is 132 Å². The van der Waals surface area contributed by atoms with Gasteiger partial charge in [0, 0.05) is 16.5 Å².